The number of halogens is 1. The predicted molar refractivity (Wildman–Crippen MR) is 87.2 cm³/mol. The highest BCUT2D eigenvalue weighted by atomic mass is 35.5. The molecule has 4 nitrogen and oxygen atoms in total. The van der Waals surface area contributed by atoms with Crippen molar-refractivity contribution in [3.63, 3.8) is 0 Å². The van der Waals surface area contributed by atoms with Crippen LogP contribution in [0.3, 0.4) is 0 Å². The maximum absolute atomic E-state index is 12.3. The predicted octanol–water partition coefficient (Wildman–Crippen LogP) is 2.44. The second kappa shape index (κ2) is 8.90. The first-order valence-electron chi connectivity index (χ1n) is 7.43. The van der Waals surface area contributed by atoms with Crippen molar-refractivity contribution < 1.29 is 9.53 Å². The molecule has 1 heterocycles. The number of benzene rings is 1. The first-order chi connectivity index (χ1) is 9.69. The van der Waals surface area contributed by atoms with Crippen LogP contribution in [0, 0.1) is 6.92 Å². The molecule has 1 fully saturated rings. The number of nitrogens with one attached hydrogen (secondary N) is 2. The molecule has 1 saturated heterocycles. The maximum Gasteiger partial charge on any atom is 0.261 e. The van der Waals surface area contributed by atoms with E-state index in [1.165, 1.54) is 0 Å². The molecule has 1 aliphatic rings. The van der Waals surface area contributed by atoms with Crippen LogP contribution in [0.5, 0.6) is 5.75 Å². The van der Waals surface area contributed by atoms with Crippen LogP contribution in [-0.2, 0) is 4.79 Å². The second-order valence-electron chi connectivity index (χ2n) is 5.38. The number of ether oxygens (including phenoxy) is 1. The van der Waals surface area contributed by atoms with E-state index in [1.807, 2.05) is 38.1 Å². The Morgan fingerprint density at radius 1 is 1.52 bits per heavy atom. The van der Waals surface area contributed by atoms with Gasteiger partial charge in [0.25, 0.3) is 5.91 Å². The van der Waals surface area contributed by atoms with Crippen LogP contribution < -0.4 is 15.4 Å². The number of hydrogen-bond acceptors (Lipinski definition) is 3. The summed E-state index contributed by atoms with van der Waals surface area (Å²) in [6, 6.07) is 8.04. The molecule has 2 rings (SSSR count). The highest BCUT2D eigenvalue weighted by Gasteiger charge is 2.22. The number of carbonyl (C=O) groups is 1. The number of piperidine rings is 1. The molecular weight excluding hydrogens is 288 g/mol. The summed E-state index contributed by atoms with van der Waals surface area (Å²) in [6.45, 7) is 5.89. The highest BCUT2D eigenvalue weighted by molar-refractivity contribution is 5.85. The smallest absolute Gasteiger partial charge is 0.261 e. The average Bonchev–Trinajstić information content (AvgIpc) is 2.46. The molecule has 0 spiro atoms. The van der Waals surface area contributed by atoms with Gasteiger partial charge in [-0.3, -0.25) is 4.79 Å². The topological polar surface area (TPSA) is 50.4 Å². The van der Waals surface area contributed by atoms with Gasteiger partial charge in [0, 0.05) is 12.6 Å². The van der Waals surface area contributed by atoms with Crippen molar-refractivity contribution in [1.82, 2.24) is 10.6 Å². The van der Waals surface area contributed by atoms with Crippen molar-refractivity contribution in [2.45, 2.75) is 45.3 Å². The molecule has 0 saturated carbocycles. The summed E-state index contributed by atoms with van der Waals surface area (Å²) >= 11 is 0. The van der Waals surface area contributed by atoms with E-state index in [0.29, 0.717) is 6.42 Å². The van der Waals surface area contributed by atoms with E-state index >= 15 is 0 Å². The third-order valence-corrected chi connectivity index (χ3v) is 3.57. The number of aryl methyl sites for hydroxylation is 1. The van der Waals surface area contributed by atoms with Gasteiger partial charge < -0.3 is 15.4 Å². The fourth-order valence-corrected chi connectivity index (χ4v) is 2.44. The Morgan fingerprint density at radius 2 is 2.33 bits per heavy atom. The molecule has 0 aliphatic carbocycles. The number of rotatable bonds is 5. The van der Waals surface area contributed by atoms with Gasteiger partial charge in [-0.2, -0.15) is 0 Å². The molecule has 1 aliphatic heterocycles. The van der Waals surface area contributed by atoms with E-state index in [1.54, 1.807) is 0 Å². The lowest BCUT2D eigenvalue weighted by Gasteiger charge is -2.26. The van der Waals surface area contributed by atoms with E-state index in [-0.39, 0.29) is 24.4 Å². The first-order valence-corrected chi connectivity index (χ1v) is 7.43. The quantitative estimate of drug-likeness (QED) is 0.878. The van der Waals surface area contributed by atoms with E-state index in [2.05, 4.69) is 10.6 Å². The van der Waals surface area contributed by atoms with Crippen molar-refractivity contribution in [2.24, 2.45) is 0 Å². The molecule has 1 unspecified atom stereocenters. The van der Waals surface area contributed by atoms with Gasteiger partial charge in [-0.1, -0.05) is 19.1 Å². The lowest BCUT2D eigenvalue weighted by molar-refractivity contribution is -0.129. The summed E-state index contributed by atoms with van der Waals surface area (Å²) in [6.07, 6.45) is 2.40. The van der Waals surface area contributed by atoms with Gasteiger partial charge in [-0.05, 0) is 50.4 Å². The molecule has 0 aromatic heterocycles. The minimum atomic E-state index is -0.418. The Bertz CT molecular complexity index is 448. The highest BCUT2D eigenvalue weighted by Crippen LogP contribution is 2.15. The Morgan fingerprint density at radius 3 is 2.95 bits per heavy atom. The van der Waals surface area contributed by atoms with Crippen LogP contribution in [0.25, 0.3) is 0 Å². The van der Waals surface area contributed by atoms with Gasteiger partial charge >= 0.3 is 0 Å². The van der Waals surface area contributed by atoms with E-state index in [0.717, 1.165) is 37.2 Å². The Hall–Kier alpha value is -1.26. The van der Waals surface area contributed by atoms with Crippen molar-refractivity contribution in [3.05, 3.63) is 29.8 Å². The molecule has 21 heavy (non-hydrogen) atoms. The van der Waals surface area contributed by atoms with Crippen molar-refractivity contribution in [2.75, 3.05) is 13.1 Å². The lowest BCUT2D eigenvalue weighted by atomic mass is 10.1. The second-order valence-corrected chi connectivity index (χ2v) is 5.38. The van der Waals surface area contributed by atoms with Gasteiger partial charge in [0.15, 0.2) is 6.10 Å². The fourth-order valence-electron chi connectivity index (χ4n) is 2.44. The Kier molecular flexibility index (Phi) is 7.54. The van der Waals surface area contributed by atoms with Crippen molar-refractivity contribution in [3.8, 4) is 5.75 Å². The summed E-state index contributed by atoms with van der Waals surface area (Å²) < 4.78 is 5.82. The lowest BCUT2D eigenvalue weighted by Crippen LogP contribution is -2.49. The van der Waals surface area contributed by atoms with Gasteiger partial charge in [0.05, 0.1) is 0 Å². The molecule has 2 atom stereocenters. The molecule has 1 aromatic rings. The molecule has 1 amide bonds. The summed E-state index contributed by atoms with van der Waals surface area (Å²) in [7, 11) is 0. The van der Waals surface area contributed by atoms with Crippen LogP contribution in [0.4, 0.5) is 0 Å². The summed E-state index contributed by atoms with van der Waals surface area (Å²) in [4.78, 5) is 12.3. The van der Waals surface area contributed by atoms with Crippen LogP contribution in [-0.4, -0.2) is 31.1 Å². The third kappa shape index (κ3) is 5.56. The Labute approximate surface area is 133 Å². The zero-order valence-corrected chi connectivity index (χ0v) is 13.5. The zero-order chi connectivity index (χ0) is 14.4. The SMILES string of the molecule is CCC(Oc1cccc(C)c1)C(=O)N[C@H]1CCCNC1.Cl. The average molecular weight is 313 g/mol. The maximum atomic E-state index is 12.3. The standard InChI is InChI=1S/C16H24N2O2.ClH/c1-3-15(20-14-8-4-6-12(2)10-14)16(19)18-13-7-5-9-17-11-13;/h4,6,8,10,13,15,17H,3,5,7,9,11H2,1-2H3,(H,18,19);1H/t13-,15?;/m0./s1. The van der Waals surface area contributed by atoms with Crippen LogP contribution >= 0.6 is 12.4 Å². The van der Waals surface area contributed by atoms with Gasteiger partial charge in [0.1, 0.15) is 5.75 Å². The minimum Gasteiger partial charge on any atom is -0.481 e. The summed E-state index contributed by atoms with van der Waals surface area (Å²) in [5.74, 6) is 0.747. The molecule has 5 heteroatoms. The molecule has 0 bridgehead atoms. The van der Waals surface area contributed by atoms with Crippen molar-refractivity contribution >= 4 is 18.3 Å². The molecule has 0 radical (unpaired) electrons. The van der Waals surface area contributed by atoms with Crippen molar-refractivity contribution in [1.29, 1.82) is 0 Å². The van der Waals surface area contributed by atoms with E-state index < -0.39 is 6.10 Å². The third-order valence-electron chi connectivity index (χ3n) is 3.57. The largest absolute Gasteiger partial charge is 0.481 e. The van der Waals surface area contributed by atoms with Crippen LogP contribution in [0.1, 0.15) is 31.7 Å². The number of hydrogen-bond donors (Lipinski definition) is 2. The Balaban J connectivity index is 0.00000220. The van der Waals surface area contributed by atoms with E-state index in [4.69, 9.17) is 4.74 Å². The van der Waals surface area contributed by atoms with Gasteiger partial charge in [-0.25, -0.2) is 0 Å². The van der Waals surface area contributed by atoms with Gasteiger partial charge in [-0.15, -0.1) is 12.4 Å². The molecule has 1 aromatic carbocycles. The number of carbonyl (C=O) groups excluding carboxylic acids is 1. The van der Waals surface area contributed by atoms with Gasteiger partial charge in [0.2, 0.25) is 0 Å². The van der Waals surface area contributed by atoms with Crippen LogP contribution in [0.15, 0.2) is 24.3 Å². The molecular formula is C16H25ClN2O2. The zero-order valence-electron chi connectivity index (χ0n) is 12.7. The summed E-state index contributed by atoms with van der Waals surface area (Å²) in [5, 5.41) is 6.38. The van der Waals surface area contributed by atoms with E-state index in [9.17, 15) is 4.79 Å². The molecule has 2 N–H and O–H groups in total. The fraction of sp³-hybridized carbons (Fsp3) is 0.562. The normalized spacial score (nSPS) is 19.2. The summed E-state index contributed by atoms with van der Waals surface area (Å²) in [5.41, 5.74) is 1.13. The van der Waals surface area contributed by atoms with Crippen LogP contribution in [0.2, 0.25) is 0 Å². The minimum absolute atomic E-state index is 0. The monoisotopic (exact) mass is 312 g/mol. The molecule has 118 valence electrons. The number of amides is 1. The first kappa shape index (κ1) is 17.8.